The Bertz CT molecular complexity index is 422. The van der Waals surface area contributed by atoms with Crippen LogP contribution in [0.15, 0.2) is 0 Å². The minimum Gasteiger partial charge on any atom is -0.351 e. The molecule has 3 saturated carbocycles. The lowest BCUT2D eigenvalue weighted by Gasteiger charge is -2.53. The molecule has 0 aromatic rings. The number of hydrogen-bond acceptors (Lipinski definition) is 2. The third-order valence-corrected chi connectivity index (χ3v) is 6.14. The fraction of sp³-hybridized carbons (Fsp3) is 0.882. The fourth-order valence-electron chi connectivity index (χ4n) is 4.53. The van der Waals surface area contributed by atoms with E-state index in [4.69, 9.17) is 0 Å². The molecule has 21 heavy (non-hydrogen) atoms. The topological polar surface area (TPSA) is 49.4 Å². The van der Waals surface area contributed by atoms with Gasteiger partial charge in [-0.1, -0.05) is 13.8 Å². The highest BCUT2D eigenvalue weighted by molar-refractivity contribution is 5.84. The van der Waals surface area contributed by atoms with Gasteiger partial charge in [0.25, 0.3) is 0 Å². The molecule has 1 atom stereocenters. The van der Waals surface area contributed by atoms with Gasteiger partial charge in [0, 0.05) is 30.5 Å². The lowest BCUT2D eigenvalue weighted by molar-refractivity contribution is -0.149. The van der Waals surface area contributed by atoms with Crippen LogP contribution in [-0.2, 0) is 9.59 Å². The Morgan fingerprint density at radius 1 is 1.14 bits per heavy atom. The molecule has 4 fully saturated rings. The number of nitrogens with zero attached hydrogens (tertiary/aromatic N) is 1. The summed E-state index contributed by atoms with van der Waals surface area (Å²) in [6.45, 7) is 6.02. The van der Waals surface area contributed by atoms with Gasteiger partial charge in [0.2, 0.25) is 11.8 Å². The van der Waals surface area contributed by atoms with Crippen LogP contribution in [0.4, 0.5) is 0 Å². The summed E-state index contributed by atoms with van der Waals surface area (Å²) in [5.41, 5.74) is -0.115. The van der Waals surface area contributed by atoms with Crippen LogP contribution in [0.2, 0.25) is 0 Å². The van der Waals surface area contributed by atoms with Gasteiger partial charge in [0.05, 0.1) is 0 Å². The van der Waals surface area contributed by atoms with Crippen molar-refractivity contribution in [2.75, 3.05) is 13.1 Å². The third-order valence-electron chi connectivity index (χ3n) is 6.14. The fourth-order valence-corrected chi connectivity index (χ4v) is 4.53. The minimum absolute atomic E-state index is 0.00652. The monoisotopic (exact) mass is 292 g/mol. The molecule has 1 unspecified atom stereocenters. The van der Waals surface area contributed by atoms with Crippen LogP contribution in [0, 0.1) is 11.3 Å². The number of hydrogen-bond donors (Lipinski definition) is 1. The maximum absolute atomic E-state index is 12.9. The van der Waals surface area contributed by atoms with Crippen LogP contribution < -0.4 is 5.32 Å². The molecule has 0 aromatic carbocycles. The summed E-state index contributed by atoms with van der Waals surface area (Å²) in [4.78, 5) is 26.8. The van der Waals surface area contributed by atoms with Crippen molar-refractivity contribution in [1.29, 1.82) is 0 Å². The third kappa shape index (κ3) is 2.58. The number of likely N-dealkylation sites (tertiary alicyclic amines) is 1. The van der Waals surface area contributed by atoms with E-state index in [2.05, 4.69) is 17.1 Å². The predicted molar refractivity (Wildman–Crippen MR) is 81.7 cm³/mol. The number of amides is 2. The zero-order valence-corrected chi connectivity index (χ0v) is 13.4. The number of carbonyl (C=O) groups excluding carboxylic acids is 2. The van der Waals surface area contributed by atoms with Crippen molar-refractivity contribution < 1.29 is 9.59 Å². The Kier molecular flexibility index (Phi) is 3.74. The molecule has 4 heteroatoms. The summed E-state index contributed by atoms with van der Waals surface area (Å²) in [6, 6.07) is 0. The van der Waals surface area contributed by atoms with Gasteiger partial charge in [-0.2, -0.15) is 0 Å². The number of rotatable bonds is 3. The molecule has 0 radical (unpaired) electrons. The first-order valence-electron chi connectivity index (χ1n) is 8.59. The zero-order chi connectivity index (χ0) is 15.1. The van der Waals surface area contributed by atoms with Crippen molar-refractivity contribution >= 4 is 11.8 Å². The maximum atomic E-state index is 12.9. The second-order valence-electron chi connectivity index (χ2n) is 7.61. The van der Waals surface area contributed by atoms with Gasteiger partial charge in [-0.05, 0) is 50.9 Å². The average Bonchev–Trinajstić information content (AvgIpc) is 2.94. The van der Waals surface area contributed by atoms with E-state index >= 15 is 0 Å². The molecule has 1 N–H and O–H groups in total. The summed E-state index contributed by atoms with van der Waals surface area (Å²) >= 11 is 0. The van der Waals surface area contributed by atoms with Crippen molar-refractivity contribution in [1.82, 2.24) is 10.2 Å². The van der Waals surface area contributed by atoms with Gasteiger partial charge in [0.15, 0.2) is 0 Å². The second-order valence-corrected chi connectivity index (χ2v) is 7.61. The summed E-state index contributed by atoms with van der Waals surface area (Å²) < 4.78 is 0. The molecule has 2 bridgehead atoms. The van der Waals surface area contributed by atoms with E-state index in [0.29, 0.717) is 18.2 Å². The van der Waals surface area contributed by atoms with Crippen molar-refractivity contribution in [2.24, 2.45) is 11.3 Å². The molecular weight excluding hydrogens is 264 g/mol. The maximum Gasteiger partial charge on any atom is 0.228 e. The van der Waals surface area contributed by atoms with Crippen molar-refractivity contribution in [2.45, 2.75) is 70.8 Å². The first-order chi connectivity index (χ1) is 9.99. The minimum atomic E-state index is -0.108. The summed E-state index contributed by atoms with van der Waals surface area (Å²) in [5.74, 6) is 1.21. The number of nitrogens with one attached hydrogen (secondary N) is 1. The highest BCUT2D eigenvalue weighted by Gasteiger charge is 2.54. The Labute approximate surface area is 127 Å². The zero-order valence-electron chi connectivity index (χ0n) is 13.4. The second kappa shape index (κ2) is 5.29. The van der Waals surface area contributed by atoms with E-state index in [-0.39, 0.29) is 16.9 Å². The molecule has 1 aliphatic heterocycles. The number of carbonyl (C=O) groups is 2. The van der Waals surface area contributed by atoms with E-state index in [1.165, 1.54) is 0 Å². The summed E-state index contributed by atoms with van der Waals surface area (Å²) in [7, 11) is 0. The molecule has 2 amide bonds. The normalized spacial score (nSPS) is 38.6. The van der Waals surface area contributed by atoms with E-state index in [1.807, 2.05) is 6.92 Å². The molecule has 0 aromatic heterocycles. The molecule has 4 aliphatic rings. The molecule has 118 valence electrons. The SMILES string of the molecule is CCC(=O)NC12CCC(C(=O)N3CCC(C)C3)(CC1)CC2. The lowest BCUT2D eigenvalue weighted by atomic mass is 9.56. The lowest BCUT2D eigenvalue weighted by Crippen LogP contribution is -2.59. The summed E-state index contributed by atoms with van der Waals surface area (Å²) in [5, 5.41) is 3.24. The van der Waals surface area contributed by atoms with Crippen LogP contribution in [0.25, 0.3) is 0 Å². The quantitative estimate of drug-likeness (QED) is 0.868. The molecular formula is C17H28N2O2. The Balaban J connectivity index is 1.66. The van der Waals surface area contributed by atoms with E-state index in [9.17, 15) is 9.59 Å². The van der Waals surface area contributed by atoms with Gasteiger partial charge in [-0.15, -0.1) is 0 Å². The molecule has 3 aliphatic carbocycles. The standard InChI is InChI=1S/C17H28N2O2/c1-3-14(20)18-17-8-5-16(6-9-17,7-10-17)15(21)19-11-4-13(2)12-19/h13H,3-12H2,1-2H3,(H,18,20). The predicted octanol–water partition coefficient (Wildman–Crippen LogP) is 2.47. The first kappa shape index (κ1) is 14.9. The smallest absolute Gasteiger partial charge is 0.228 e. The highest BCUT2D eigenvalue weighted by Crippen LogP contribution is 2.53. The molecule has 1 saturated heterocycles. The van der Waals surface area contributed by atoms with Gasteiger partial charge in [-0.3, -0.25) is 9.59 Å². The van der Waals surface area contributed by atoms with Crippen LogP contribution in [0.1, 0.15) is 65.2 Å². The Morgan fingerprint density at radius 2 is 1.76 bits per heavy atom. The van der Waals surface area contributed by atoms with Crippen LogP contribution in [0.3, 0.4) is 0 Å². The molecule has 4 rings (SSSR count). The van der Waals surface area contributed by atoms with E-state index in [1.54, 1.807) is 0 Å². The number of fused-ring (bicyclic) bond motifs is 3. The van der Waals surface area contributed by atoms with Crippen LogP contribution in [0.5, 0.6) is 0 Å². The Morgan fingerprint density at radius 3 is 2.24 bits per heavy atom. The molecule has 4 nitrogen and oxygen atoms in total. The van der Waals surface area contributed by atoms with Crippen LogP contribution in [-0.4, -0.2) is 35.3 Å². The first-order valence-corrected chi connectivity index (χ1v) is 8.59. The van der Waals surface area contributed by atoms with Gasteiger partial charge < -0.3 is 10.2 Å². The van der Waals surface area contributed by atoms with Crippen molar-refractivity contribution in [3.8, 4) is 0 Å². The van der Waals surface area contributed by atoms with Crippen molar-refractivity contribution in [3.63, 3.8) is 0 Å². The van der Waals surface area contributed by atoms with Crippen molar-refractivity contribution in [3.05, 3.63) is 0 Å². The van der Waals surface area contributed by atoms with Gasteiger partial charge in [-0.25, -0.2) is 0 Å². The average molecular weight is 292 g/mol. The van der Waals surface area contributed by atoms with Gasteiger partial charge in [0.1, 0.15) is 0 Å². The van der Waals surface area contributed by atoms with E-state index < -0.39 is 0 Å². The largest absolute Gasteiger partial charge is 0.351 e. The highest BCUT2D eigenvalue weighted by atomic mass is 16.2. The van der Waals surface area contributed by atoms with Crippen LogP contribution >= 0.6 is 0 Å². The summed E-state index contributed by atoms with van der Waals surface area (Å²) in [6.07, 6.45) is 7.52. The molecule has 1 heterocycles. The Hall–Kier alpha value is -1.06. The van der Waals surface area contributed by atoms with E-state index in [0.717, 1.165) is 58.0 Å². The molecule has 0 spiro atoms. The van der Waals surface area contributed by atoms with Gasteiger partial charge >= 0.3 is 0 Å².